The van der Waals surface area contributed by atoms with E-state index in [1.165, 1.54) is 12.5 Å². The van der Waals surface area contributed by atoms with Crippen molar-refractivity contribution in [2.45, 2.75) is 32.4 Å². The molecule has 0 bridgehead atoms. The van der Waals surface area contributed by atoms with Crippen molar-refractivity contribution in [3.8, 4) is 0 Å². The van der Waals surface area contributed by atoms with E-state index in [9.17, 15) is 4.79 Å². The van der Waals surface area contributed by atoms with E-state index < -0.39 is 6.17 Å². The number of nitrogens with one attached hydrogen (secondary N) is 1. The second kappa shape index (κ2) is 7.23. The Hall–Kier alpha value is -2.41. The van der Waals surface area contributed by atoms with Crippen molar-refractivity contribution >= 4 is 24.3 Å². The summed E-state index contributed by atoms with van der Waals surface area (Å²) in [7, 11) is 0. The molecule has 1 atom stereocenters. The molecule has 0 radical (unpaired) electrons. The molecule has 4 heterocycles. The number of pyridine rings is 1. The molecule has 7 nitrogen and oxygen atoms in total. The summed E-state index contributed by atoms with van der Waals surface area (Å²) in [6.07, 6.45) is 4.80. The molecule has 0 spiro atoms. The molecule has 1 unspecified atom stereocenters. The Morgan fingerprint density at radius 3 is 2.72 bits per heavy atom. The van der Waals surface area contributed by atoms with Crippen LogP contribution in [-0.2, 0) is 0 Å². The Bertz CT molecular complexity index is 829. The summed E-state index contributed by atoms with van der Waals surface area (Å²) in [4.78, 5) is 28.5. The fraction of sp³-hybridized carbons (Fsp3) is 0.412. The fourth-order valence-corrected chi connectivity index (χ4v) is 3.23. The minimum Gasteiger partial charge on any atom is -0.343 e. The van der Waals surface area contributed by atoms with Gasteiger partial charge in [0.1, 0.15) is 0 Å². The highest BCUT2D eigenvalue weighted by molar-refractivity contribution is 5.93. The average Bonchev–Trinajstić information content (AvgIpc) is 2.62. The zero-order chi connectivity index (χ0) is 16.5. The Kier molecular flexibility index (Phi) is 5.03. The minimum atomic E-state index is -0.486. The first-order chi connectivity index (χ1) is 11.7. The number of aryl methyl sites for hydroxylation is 1. The first-order valence-corrected chi connectivity index (χ1v) is 8.33. The second-order valence-electron chi connectivity index (χ2n) is 6.18. The van der Waals surface area contributed by atoms with Gasteiger partial charge in [-0.2, -0.15) is 0 Å². The molecule has 132 valence electrons. The van der Waals surface area contributed by atoms with Crippen LogP contribution < -0.4 is 10.9 Å². The summed E-state index contributed by atoms with van der Waals surface area (Å²) in [6, 6.07) is 7.19. The van der Waals surface area contributed by atoms with E-state index in [-0.39, 0.29) is 18.0 Å². The van der Waals surface area contributed by atoms with Gasteiger partial charge in [0, 0.05) is 31.0 Å². The molecular weight excluding hydrogens is 340 g/mol. The van der Waals surface area contributed by atoms with Crippen LogP contribution in [0.2, 0.25) is 0 Å². The van der Waals surface area contributed by atoms with Crippen LogP contribution in [0.4, 0.5) is 5.95 Å². The number of aliphatic imine (C=N–C) groups is 1. The Morgan fingerprint density at radius 2 is 2.00 bits per heavy atom. The van der Waals surface area contributed by atoms with Gasteiger partial charge >= 0.3 is 0 Å². The van der Waals surface area contributed by atoms with E-state index in [0.717, 1.165) is 37.6 Å². The number of aromatic nitrogens is 3. The van der Waals surface area contributed by atoms with Crippen molar-refractivity contribution < 1.29 is 0 Å². The average molecular weight is 361 g/mol. The van der Waals surface area contributed by atoms with Gasteiger partial charge in [0.05, 0.1) is 5.69 Å². The molecule has 1 saturated heterocycles. The lowest BCUT2D eigenvalue weighted by Gasteiger charge is -2.34. The van der Waals surface area contributed by atoms with Gasteiger partial charge in [-0.25, -0.2) is 14.5 Å². The van der Waals surface area contributed by atoms with E-state index in [1.807, 2.05) is 25.1 Å². The van der Waals surface area contributed by atoms with Crippen LogP contribution in [0.5, 0.6) is 0 Å². The highest BCUT2D eigenvalue weighted by atomic mass is 35.5. The lowest BCUT2D eigenvalue weighted by Crippen LogP contribution is -2.45. The summed E-state index contributed by atoms with van der Waals surface area (Å²) < 4.78 is 1.57. The Balaban J connectivity index is 0.00000182. The van der Waals surface area contributed by atoms with Gasteiger partial charge in [-0.05, 0) is 38.3 Å². The largest absolute Gasteiger partial charge is 0.343 e. The highest BCUT2D eigenvalue weighted by Crippen LogP contribution is 2.25. The molecule has 4 rings (SSSR count). The van der Waals surface area contributed by atoms with Crippen LogP contribution in [0.1, 0.15) is 36.8 Å². The molecule has 0 aromatic carbocycles. The summed E-state index contributed by atoms with van der Waals surface area (Å²) in [5.41, 5.74) is 1.31. The minimum absolute atomic E-state index is 0. The predicted molar refractivity (Wildman–Crippen MR) is 99.3 cm³/mol. The molecular formula is C17H21ClN6O. The van der Waals surface area contributed by atoms with Gasteiger partial charge in [0.15, 0.2) is 6.17 Å². The van der Waals surface area contributed by atoms with Gasteiger partial charge in [-0.1, -0.05) is 6.07 Å². The van der Waals surface area contributed by atoms with Crippen LogP contribution in [0.3, 0.4) is 0 Å². The van der Waals surface area contributed by atoms with Gasteiger partial charge in [-0.3, -0.25) is 15.1 Å². The van der Waals surface area contributed by atoms with Crippen molar-refractivity contribution in [3.63, 3.8) is 0 Å². The normalized spacial score (nSPS) is 19.3. The molecule has 2 aliphatic heterocycles. The maximum Gasteiger partial charge on any atom is 0.257 e. The maximum absolute atomic E-state index is 12.5. The molecule has 0 saturated carbocycles. The summed E-state index contributed by atoms with van der Waals surface area (Å²) in [5.74, 6) is 1.31. The predicted octanol–water partition coefficient (Wildman–Crippen LogP) is 2.18. The number of fused-ring (bicyclic) bond motifs is 1. The summed E-state index contributed by atoms with van der Waals surface area (Å²) >= 11 is 0. The molecule has 1 fully saturated rings. The maximum atomic E-state index is 12.5. The first-order valence-electron chi connectivity index (χ1n) is 8.33. The van der Waals surface area contributed by atoms with E-state index in [2.05, 4.69) is 20.2 Å². The molecule has 1 N–H and O–H groups in total. The number of likely N-dealkylation sites (tertiary alicyclic amines) is 1. The number of hydrogen-bond donors (Lipinski definition) is 1. The van der Waals surface area contributed by atoms with E-state index in [4.69, 9.17) is 4.99 Å². The molecule has 2 aliphatic rings. The van der Waals surface area contributed by atoms with Crippen LogP contribution in [0.25, 0.3) is 0 Å². The molecule has 2 aromatic heterocycles. The monoisotopic (exact) mass is 360 g/mol. The Morgan fingerprint density at radius 1 is 1.20 bits per heavy atom. The number of hydrogen-bond acceptors (Lipinski definition) is 6. The Labute approximate surface area is 152 Å². The lowest BCUT2D eigenvalue weighted by atomic mass is 10.1. The van der Waals surface area contributed by atoms with Gasteiger partial charge in [-0.15, -0.1) is 12.4 Å². The van der Waals surface area contributed by atoms with E-state index in [1.54, 1.807) is 10.8 Å². The lowest BCUT2D eigenvalue weighted by molar-refractivity contribution is 0.335. The zero-order valence-corrected chi connectivity index (χ0v) is 14.9. The summed E-state index contributed by atoms with van der Waals surface area (Å²) in [5, 5.41) is 3.25. The fourth-order valence-electron chi connectivity index (χ4n) is 3.23. The number of nitrogens with zero attached hydrogens (tertiary/aromatic N) is 5. The summed E-state index contributed by atoms with van der Waals surface area (Å²) in [6.45, 7) is 3.76. The molecule has 8 heteroatoms. The van der Waals surface area contributed by atoms with Gasteiger partial charge < -0.3 is 4.90 Å². The topological polar surface area (TPSA) is 75.4 Å². The standard InChI is InChI=1S/C17H20N6O.ClH/c1-12-11-14(24)23-15(13-7-3-4-8-18-13)20-16(21-17(23)19-12)22-9-5-2-6-10-22;/h3-4,7-8,11,15H,2,5-6,9-10H2,1H3,(H,19,20,21);1H. The smallest absolute Gasteiger partial charge is 0.257 e. The van der Waals surface area contributed by atoms with Crippen molar-refractivity contribution in [1.29, 1.82) is 0 Å². The van der Waals surface area contributed by atoms with E-state index in [0.29, 0.717) is 11.6 Å². The number of piperidine rings is 1. The van der Waals surface area contributed by atoms with Crippen molar-refractivity contribution in [2.24, 2.45) is 4.99 Å². The third-order valence-electron chi connectivity index (χ3n) is 4.40. The zero-order valence-electron chi connectivity index (χ0n) is 14.1. The van der Waals surface area contributed by atoms with Gasteiger partial charge in [0.25, 0.3) is 5.56 Å². The molecule has 25 heavy (non-hydrogen) atoms. The van der Waals surface area contributed by atoms with Crippen LogP contribution in [-0.4, -0.2) is 38.5 Å². The highest BCUT2D eigenvalue weighted by Gasteiger charge is 2.28. The van der Waals surface area contributed by atoms with Crippen LogP contribution in [0.15, 0.2) is 40.2 Å². The third kappa shape index (κ3) is 3.37. The molecule has 0 amide bonds. The third-order valence-corrected chi connectivity index (χ3v) is 4.40. The van der Waals surface area contributed by atoms with Crippen molar-refractivity contribution in [1.82, 2.24) is 19.4 Å². The van der Waals surface area contributed by atoms with Crippen LogP contribution in [0, 0.1) is 6.92 Å². The van der Waals surface area contributed by atoms with Gasteiger partial charge in [0.2, 0.25) is 11.9 Å². The SMILES string of the molecule is Cc1cc(=O)n2c(n1)NC(N1CCCCC1)=NC2c1ccccn1.Cl. The number of rotatable bonds is 1. The van der Waals surface area contributed by atoms with Crippen LogP contribution >= 0.6 is 12.4 Å². The quantitative estimate of drug-likeness (QED) is 0.843. The number of guanidine groups is 1. The second-order valence-corrected chi connectivity index (χ2v) is 6.18. The molecule has 0 aliphatic carbocycles. The van der Waals surface area contributed by atoms with Crippen molar-refractivity contribution in [3.05, 3.63) is 52.2 Å². The van der Waals surface area contributed by atoms with E-state index >= 15 is 0 Å². The van der Waals surface area contributed by atoms with Crippen molar-refractivity contribution in [2.75, 3.05) is 18.4 Å². The first kappa shape index (κ1) is 17.4. The molecule has 2 aromatic rings. The number of anilines is 1. The number of halogens is 1.